The van der Waals surface area contributed by atoms with Gasteiger partial charge in [0.25, 0.3) is 0 Å². The molecule has 0 aliphatic carbocycles. The fraction of sp³-hybridized carbons (Fsp3) is 0.136. The standard InChI is InChI=1S/C22H21N2O3P/c1-15(25)27-20-14-8-6-12-18(20)22-24-23-21(17-11-5-7-13-19(17)26)28(22)16-9-3-2-4-10-16/h2-14,21-24,26H,1H3. The molecule has 28 heavy (non-hydrogen) atoms. The van der Waals surface area contributed by atoms with Gasteiger partial charge < -0.3 is 9.84 Å². The van der Waals surface area contributed by atoms with Crippen molar-refractivity contribution in [2.45, 2.75) is 18.5 Å². The van der Waals surface area contributed by atoms with Crippen LogP contribution >= 0.6 is 7.92 Å². The fourth-order valence-corrected chi connectivity index (χ4v) is 6.34. The predicted octanol–water partition coefficient (Wildman–Crippen LogP) is 3.93. The molecule has 0 aromatic heterocycles. The van der Waals surface area contributed by atoms with Crippen LogP contribution in [0.4, 0.5) is 0 Å². The Balaban J connectivity index is 1.80. The number of esters is 1. The van der Waals surface area contributed by atoms with Crippen molar-refractivity contribution >= 4 is 19.2 Å². The lowest BCUT2D eigenvalue weighted by molar-refractivity contribution is -0.131. The number of hydrogen-bond acceptors (Lipinski definition) is 5. The topological polar surface area (TPSA) is 70.6 Å². The van der Waals surface area contributed by atoms with E-state index in [1.165, 1.54) is 12.2 Å². The zero-order valence-electron chi connectivity index (χ0n) is 15.4. The summed E-state index contributed by atoms with van der Waals surface area (Å²) >= 11 is 0. The Labute approximate surface area is 165 Å². The molecular weight excluding hydrogens is 371 g/mol. The Bertz CT molecular complexity index is 980. The molecular formula is C22H21N2O3P. The highest BCUT2D eigenvalue weighted by molar-refractivity contribution is 7.66. The maximum Gasteiger partial charge on any atom is 0.308 e. The number of aromatic hydroxyl groups is 1. The summed E-state index contributed by atoms with van der Waals surface area (Å²) in [6, 6.07) is 25.2. The van der Waals surface area contributed by atoms with Crippen LogP contribution in [0.5, 0.6) is 11.5 Å². The average Bonchev–Trinajstić information content (AvgIpc) is 3.13. The van der Waals surface area contributed by atoms with Gasteiger partial charge in [0.05, 0.1) is 11.6 Å². The summed E-state index contributed by atoms with van der Waals surface area (Å²) in [5.74, 6) is 0.293. The van der Waals surface area contributed by atoms with Crippen LogP contribution in [-0.4, -0.2) is 11.1 Å². The van der Waals surface area contributed by atoms with Crippen molar-refractivity contribution in [1.82, 2.24) is 10.9 Å². The third-order valence-electron chi connectivity index (χ3n) is 4.67. The molecule has 1 fully saturated rings. The van der Waals surface area contributed by atoms with E-state index in [0.717, 1.165) is 11.1 Å². The van der Waals surface area contributed by atoms with Crippen LogP contribution in [0.1, 0.15) is 29.6 Å². The molecule has 3 aromatic carbocycles. The zero-order valence-corrected chi connectivity index (χ0v) is 16.3. The van der Waals surface area contributed by atoms with E-state index in [9.17, 15) is 9.90 Å². The SMILES string of the molecule is CC(=O)Oc1ccccc1C1NNC(c2ccccc2O)P1c1ccccc1. The molecule has 6 heteroatoms. The molecule has 0 spiro atoms. The third kappa shape index (κ3) is 3.65. The zero-order chi connectivity index (χ0) is 19.5. The van der Waals surface area contributed by atoms with Gasteiger partial charge in [0.1, 0.15) is 11.5 Å². The number of hydrogen-bond donors (Lipinski definition) is 3. The second kappa shape index (κ2) is 8.11. The summed E-state index contributed by atoms with van der Waals surface area (Å²) in [5, 5.41) is 11.6. The van der Waals surface area contributed by atoms with Crippen LogP contribution in [0.15, 0.2) is 78.9 Å². The molecule has 0 amide bonds. The van der Waals surface area contributed by atoms with Crippen LogP contribution in [0.25, 0.3) is 0 Å². The van der Waals surface area contributed by atoms with Gasteiger partial charge in [-0.05, 0) is 25.4 Å². The van der Waals surface area contributed by atoms with Gasteiger partial charge in [0.15, 0.2) is 0 Å². The first-order chi connectivity index (χ1) is 13.6. The Morgan fingerprint density at radius 1 is 0.857 bits per heavy atom. The molecule has 142 valence electrons. The lowest BCUT2D eigenvalue weighted by atomic mass is 10.2. The molecule has 1 saturated heterocycles. The first kappa shape index (κ1) is 18.6. The van der Waals surface area contributed by atoms with Gasteiger partial charge >= 0.3 is 5.97 Å². The van der Waals surface area contributed by atoms with Crippen molar-refractivity contribution in [3.63, 3.8) is 0 Å². The molecule has 0 saturated carbocycles. The number of ether oxygens (including phenoxy) is 1. The van der Waals surface area contributed by atoms with Crippen LogP contribution in [-0.2, 0) is 4.79 Å². The average molecular weight is 392 g/mol. The monoisotopic (exact) mass is 392 g/mol. The highest BCUT2D eigenvalue weighted by Crippen LogP contribution is 2.63. The van der Waals surface area contributed by atoms with Crippen LogP contribution in [0, 0.1) is 0 Å². The van der Waals surface area contributed by atoms with Gasteiger partial charge in [-0.25, -0.2) is 10.9 Å². The number of para-hydroxylation sites is 2. The van der Waals surface area contributed by atoms with Gasteiger partial charge in [0, 0.05) is 18.1 Å². The van der Waals surface area contributed by atoms with Gasteiger partial charge in [-0.3, -0.25) is 4.79 Å². The number of rotatable bonds is 4. The molecule has 3 atom stereocenters. The first-order valence-electron chi connectivity index (χ1n) is 9.05. The number of nitrogens with one attached hydrogen (secondary N) is 2. The largest absolute Gasteiger partial charge is 0.508 e. The fourth-order valence-electron chi connectivity index (χ4n) is 3.47. The van der Waals surface area contributed by atoms with E-state index in [0.29, 0.717) is 5.75 Å². The number of hydrazine groups is 1. The highest BCUT2D eigenvalue weighted by atomic mass is 31.1. The van der Waals surface area contributed by atoms with Gasteiger partial charge in [-0.2, -0.15) is 0 Å². The van der Waals surface area contributed by atoms with Crippen molar-refractivity contribution < 1.29 is 14.6 Å². The van der Waals surface area contributed by atoms with Crippen LogP contribution in [0.3, 0.4) is 0 Å². The van der Waals surface area contributed by atoms with Crippen molar-refractivity contribution in [2.75, 3.05) is 0 Å². The molecule has 0 bridgehead atoms. The molecule has 5 nitrogen and oxygen atoms in total. The van der Waals surface area contributed by atoms with E-state index >= 15 is 0 Å². The molecule has 1 heterocycles. The van der Waals surface area contributed by atoms with Gasteiger partial charge in [0.2, 0.25) is 0 Å². The van der Waals surface area contributed by atoms with E-state index in [1.54, 1.807) is 6.07 Å². The molecule has 1 aliphatic rings. The summed E-state index contributed by atoms with van der Waals surface area (Å²) in [6.07, 6.45) is 0. The quantitative estimate of drug-likeness (QED) is 0.357. The second-order valence-corrected chi connectivity index (χ2v) is 8.89. The predicted molar refractivity (Wildman–Crippen MR) is 111 cm³/mol. The van der Waals surface area contributed by atoms with Crippen molar-refractivity contribution in [3.05, 3.63) is 90.0 Å². The number of phenols is 1. The summed E-state index contributed by atoms with van der Waals surface area (Å²) in [7, 11) is -0.851. The minimum atomic E-state index is -0.851. The Morgan fingerprint density at radius 3 is 2.11 bits per heavy atom. The molecule has 1 aliphatic heterocycles. The lowest BCUT2D eigenvalue weighted by Crippen LogP contribution is -2.27. The molecule has 3 aromatic rings. The normalized spacial score (nSPS) is 21.4. The van der Waals surface area contributed by atoms with E-state index in [4.69, 9.17) is 4.74 Å². The van der Waals surface area contributed by atoms with Crippen LogP contribution in [0.2, 0.25) is 0 Å². The summed E-state index contributed by atoms with van der Waals surface area (Å²) < 4.78 is 5.46. The summed E-state index contributed by atoms with van der Waals surface area (Å²) in [5.41, 5.74) is 8.52. The van der Waals surface area contributed by atoms with Gasteiger partial charge in [-0.1, -0.05) is 66.7 Å². The molecule has 3 N–H and O–H groups in total. The molecule has 0 radical (unpaired) electrons. The minimum Gasteiger partial charge on any atom is -0.508 e. The number of carbonyl (C=O) groups is 1. The van der Waals surface area contributed by atoms with Crippen molar-refractivity contribution in [2.24, 2.45) is 0 Å². The van der Waals surface area contributed by atoms with Crippen molar-refractivity contribution in [1.29, 1.82) is 0 Å². The smallest absolute Gasteiger partial charge is 0.308 e. The van der Waals surface area contributed by atoms with E-state index in [-0.39, 0.29) is 23.3 Å². The Morgan fingerprint density at radius 2 is 1.43 bits per heavy atom. The van der Waals surface area contributed by atoms with Crippen LogP contribution < -0.4 is 20.9 Å². The van der Waals surface area contributed by atoms with E-state index in [1.807, 2.05) is 60.7 Å². The Hall–Kier alpha value is -2.72. The highest BCUT2D eigenvalue weighted by Gasteiger charge is 2.40. The van der Waals surface area contributed by atoms with Gasteiger partial charge in [-0.15, -0.1) is 0 Å². The second-order valence-electron chi connectivity index (χ2n) is 6.53. The van der Waals surface area contributed by atoms with Crippen molar-refractivity contribution in [3.8, 4) is 11.5 Å². The maximum atomic E-state index is 11.6. The summed E-state index contributed by atoms with van der Waals surface area (Å²) in [4.78, 5) is 11.6. The van der Waals surface area contributed by atoms with E-state index in [2.05, 4.69) is 23.0 Å². The number of phenolic OH excluding ortho intramolecular Hbond substituents is 1. The first-order valence-corrected chi connectivity index (χ1v) is 10.5. The third-order valence-corrected chi connectivity index (χ3v) is 7.49. The lowest BCUT2D eigenvalue weighted by Gasteiger charge is -2.26. The Kier molecular flexibility index (Phi) is 5.40. The number of carbonyl (C=O) groups excluding carboxylic acids is 1. The maximum absolute atomic E-state index is 11.6. The van der Waals surface area contributed by atoms with E-state index < -0.39 is 7.92 Å². The minimum absolute atomic E-state index is 0.0856. The molecule has 3 unspecified atom stereocenters. The molecule has 4 rings (SSSR count). The summed E-state index contributed by atoms with van der Waals surface area (Å²) in [6.45, 7) is 1.40. The number of benzene rings is 3.